The molecule has 0 bridgehead atoms. The summed E-state index contributed by atoms with van der Waals surface area (Å²) in [5.74, 6) is -1.44. The number of carboxylic acid groups (broad SMARTS) is 1. The summed E-state index contributed by atoms with van der Waals surface area (Å²) < 4.78 is 20.1. The topological polar surface area (TPSA) is 71.4 Å². The maximum Gasteiger partial charge on any atom is 0.307 e. The van der Waals surface area contributed by atoms with Gasteiger partial charge in [-0.25, -0.2) is 0 Å². The van der Waals surface area contributed by atoms with Gasteiger partial charge in [-0.15, -0.1) is 6.58 Å². The second kappa shape index (κ2) is 7.08. The van der Waals surface area contributed by atoms with Crippen LogP contribution in [0.3, 0.4) is 0 Å². The van der Waals surface area contributed by atoms with Crippen molar-refractivity contribution in [3.05, 3.63) is 24.8 Å². The van der Waals surface area contributed by atoms with Gasteiger partial charge in [0.15, 0.2) is 0 Å². The molecule has 0 aliphatic heterocycles. The first-order chi connectivity index (χ1) is 6.57. The molecular weight excluding hydrogens is 204 g/mol. The summed E-state index contributed by atoms with van der Waals surface area (Å²) in [4.78, 5) is 10.6. The maximum atomic E-state index is 10.6. The van der Waals surface area contributed by atoms with Crippen LogP contribution in [0.2, 0.25) is 0 Å². The average Bonchev–Trinajstić information content (AvgIpc) is 2.09. The fraction of sp³-hybridized carbons (Fsp3) is 0.333. The van der Waals surface area contributed by atoms with Gasteiger partial charge in [0.05, 0.1) is 11.3 Å². The highest BCUT2D eigenvalue weighted by molar-refractivity contribution is 7.71. The van der Waals surface area contributed by atoms with Crippen molar-refractivity contribution in [3.8, 4) is 0 Å². The first-order valence-electron chi connectivity index (χ1n) is 3.99. The molecule has 0 aromatic carbocycles. The van der Waals surface area contributed by atoms with E-state index < -0.39 is 22.2 Å². The minimum atomic E-state index is -2.22. The fourth-order valence-corrected chi connectivity index (χ4v) is 1.10. The standard InChI is InChI=1S/C9H12O4S/c1-2-5-8(9(10)11)6-3-4-7-14(12)13/h2-4,7-8H,1,5-6H2,(H,10,11). The van der Waals surface area contributed by atoms with Gasteiger partial charge in [0.2, 0.25) is 10.3 Å². The molecule has 0 heterocycles. The molecule has 0 radical (unpaired) electrons. The highest BCUT2D eigenvalue weighted by Crippen LogP contribution is 2.09. The van der Waals surface area contributed by atoms with Crippen molar-refractivity contribution in [2.45, 2.75) is 12.8 Å². The van der Waals surface area contributed by atoms with Crippen LogP contribution in [0.1, 0.15) is 12.8 Å². The predicted molar refractivity (Wildman–Crippen MR) is 54.7 cm³/mol. The minimum absolute atomic E-state index is 0.301. The van der Waals surface area contributed by atoms with Crippen molar-refractivity contribution in [2.24, 2.45) is 5.92 Å². The molecule has 0 amide bonds. The van der Waals surface area contributed by atoms with Crippen LogP contribution in [0.15, 0.2) is 24.8 Å². The van der Waals surface area contributed by atoms with Crippen LogP contribution >= 0.6 is 0 Å². The molecule has 0 saturated carbocycles. The Bertz CT molecular complexity index is 343. The van der Waals surface area contributed by atoms with Gasteiger partial charge in [0.25, 0.3) is 0 Å². The molecule has 0 aliphatic rings. The number of hydrogen-bond donors (Lipinski definition) is 1. The van der Waals surface area contributed by atoms with Crippen LogP contribution in [0, 0.1) is 5.92 Å². The van der Waals surface area contributed by atoms with Gasteiger partial charge in [0, 0.05) is 0 Å². The number of allylic oxidation sites excluding steroid dienone is 3. The number of rotatable bonds is 6. The Morgan fingerprint density at radius 2 is 2.07 bits per heavy atom. The first-order valence-corrected chi connectivity index (χ1v) is 5.13. The van der Waals surface area contributed by atoms with Crippen LogP contribution in [-0.4, -0.2) is 24.9 Å². The zero-order valence-corrected chi connectivity index (χ0v) is 8.40. The van der Waals surface area contributed by atoms with Crippen LogP contribution in [0.5, 0.6) is 0 Å². The molecule has 0 aromatic rings. The van der Waals surface area contributed by atoms with Crippen LogP contribution in [0.25, 0.3) is 0 Å². The molecule has 0 aliphatic carbocycles. The quantitative estimate of drug-likeness (QED) is 0.406. The number of hydrogen-bond acceptors (Lipinski definition) is 3. The molecule has 0 fully saturated rings. The minimum Gasteiger partial charge on any atom is -0.481 e. The van der Waals surface area contributed by atoms with Crippen molar-refractivity contribution in [1.29, 1.82) is 0 Å². The van der Waals surface area contributed by atoms with Gasteiger partial charge in [0.1, 0.15) is 0 Å². The third kappa shape index (κ3) is 6.19. The second-order valence-corrected chi connectivity index (χ2v) is 3.41. The van der Waals surface area contributed by atoms with Gasteiger partial charge >= 0.3 is 5.97 Å². The van der Waals surface area contributed by atoms with Gasteiger partial charge in [-0.05, 0) is 12.8 Å². The van der Waals surface area contributed by atoms with E-state index >= 15 is 0 Å². The Morgan fingerprint density at radius 3 is 2.50 bits per heavy atom. The SMILES string of the molecule is C=CCC(CC=CC=S(=O)=O)C(=O)O. The molecule has 0 spiro atoms. The molecule has 0 rings (SSSR count). The molecule has 5 heteroatoms. The fourth-order valence-electron chi connectivity index (χ4n) is 0.862. The molecule has 0 aromatic heterocycles. The zero-order chi connectivity index (χ0) is 11.0. The lowest BCUT2D eigenvalue weighted by Gasteiger charge is -2.04. The Kier molecular flexibility index (Phi) is 6.39. The highest BCUT2D eigenvalue weighted by Gasteiger charge is 2.12. The van der Waals surface area contributed by atoms with E-state index in [1.807, 2.05) is 0 Å². The normalized spacial score (nSPS) is 12.3. The summed E-state index contributed by atoms with van der Waals surface area (Å²) in [6, 6.07) is 0. The predicted octanol–water partition coefficient (Wildman–Crippen LogP) is 0.891. The van der Waals surface area contributed by atoms with E-state index in [-0.39, 0.29) is 0 Å². The molecule has 1 unspecified atom stereocenters. The van der Waals surface area contributed by atoms with Gasteiger partial charge < -0.3 is 5.11 Å². The Morgan fingerprint density at radius 1 is 1.43 bits per heavy atom. The van der Waals surface area contributed by atoms with Crippen molar-refractivity contribution in [2.75, 3.05) is 0 Å². The summed E-state index contributed by atoms with van der Waals surface area (Å²) in [5, 5.41) is 9.66. The molecule has 1 atom stereocenters. The number of aliphatic carboxylic acids is 1. The molecule has 78 valence electrons. The second-order valence-electron chi connectivity index (χ2n) is 2.62. The van der Waals surface area contributed by atoms with Crippen LogP contribution in [-0.2, 0) is 15.1 Å². The Hall–Kier alpha value is -1.36. The summed E-state index contributed by atoms with van der Waals surface area (Å²) in [5.41, 5.74) is 0. The average molecular weight is 216 g/mol. The Labute approximate surface area is 84.1 Å². The monoisotopic (exact) mass is 216 g/mol. The van der Waals surface area contributed by atoms with E-state index in [1.54, 1.807) is 0 Å². The highest BCUT2D eigenvalue weighted by atomic mass is 32.2. The van der Waals surface area contributed by atoms with E-state index in [1.165, 1.54) is 18.2 Å². The van der Waals surface area contributed by atoms with Crippen LogP contribution < -0.4 is 0 Å². The maximum absolute atomic E-state index is 10.6. The van der Waals surface area contributed by atoms with Gasteiger partial charge in [-0.3, -0.25) is 4.79 Å². The van der Waals surface area contributed by atoms with Crippen molar-refractivity contribution in [1.82, 2.24) is 0 Å². The van der Waals surface area contributed by atoms with Gasteiger partial charge in [-0.1, -0.05) is 18.2 Å². The summed E-state index contributed by atoms with van der Waals surface area (Å²) in [6.07, 6.45) is 5.04. The summed E-state index contributed by atoms with van der Waals surface area (Å²) in [7, 11) is -2.22. The molecule has 14 heavy (non-hydrogen) atoms. The third-order valence-electron chi connectivity index (χ3n) is 1.55. The Balaban J connectivity index is 4.18. The number of carboxylic acids is 1. The lowest BCUT2D eigenvalue weighted by Crippen LogP contribution is -2.11. The van der Waals surface area contributed by atoms with Crippen molar-refractivity contribution < 1.29 is 18.3 Å². The smallest absolute Gasteiger partial charge is 0.307 e. The van der Waals surface area contributed by atoms with E-state index in [0.717, 1.165) is 5.37 Å². The lowest BCUT2D eigenvalue weighted by molar-refractivity contribution is -0.141. The van der Waals surface area contributed by atoms with E-state index in [2.05, 4.69) is 6.58 Å². The van der Waals surface area contributed by atoms with Crippen molar-refractivity contribution in [3.63, 3.8) is 0 Å². The zero-order valence-electron chi connectivity index (χ0n) is 7.59. The molecule has 0 saturated heterocycles. The van der Waals surface area contributed by atoms with E-state index in [9.17, 15) is 13.2 Å². The molecule has 4 nitrogen and oxygen atoms in total. The molecular formula is C9H12O4S. The van der Waals surface area contributed by atoms with Crippen molar-refractivity contribution >= 4 is 21.6 Å². The molecule has 1 N–H and O–H groups in total. The largest absolute Gasteiger partial charge is 0.481 e. The van der Waals surface area contributed by atoms with Crippen LogP contribution in [0.4, 0.5) is 0 Å². The van der Waals surface area contributed by atoms with Gasteiger partial charge in [-0.2, -0.15) is 8.42 Å². The third-order valence-corrected chi connectivity index (χ3v) is 1.93. The summed E-state index contributed by atoms with van der Waals surface area (Å²) in [6.45, 7) is 3.45. The van der Waals surface area contributed by atoms with E-state index in [0.29, 0.717) is 12.8 Å². The summed E-state index contributed by atoms with van der Waals surface area (Å²) >= 11 is 0. The van der Waals surface area contributed by atoms with E-state index in [4.69, 9.17) is 5.11 Å². The first kappa shape index (κ1) is 12.6. The lowest BCUT2D eigenvalue weighted by atomic mass is 10.0. The number of carbonyl (C=O) groups is 1.